The zero-order valence-electron chi connectivity index (χ0n) is 11.5. The summed E-state index contributed by atoms with van der Waals surface area (Å²) in [5.41, 5.74) is 11.4. The van der Waals surface area contributed by atoms with Crippen LogP contribution in [0.25, 0.3) is 0 Å². The first-order valence-corrected chi connectivity index (χ1v) is 19.9. The van der Waals surface area contributed by atoms with E-state index < -0.39 is 15.6 Å². The molecule has 0 atom stereocenters. The Morgan fingerprint density at radius 3 is 1.53 bits per heavy atom. The molecule has 0 aliphatic rings. The second-order valence-electron chi connectivity index (χ2n) is 4.39. The van der Waals surface area contributed by atoms with Crippen LogP contribution in [0, 0.1) is 0 Å². The summed E-state index contributed by atoms with van der Waals surface area (Å²) in [7, 11) is 4.56. The molecular weight excluding hydrogens is 355 g/mol. The van der Waals surface area contributed by atoms with Gasteiger partial charge in [0.25, 0.3) is 0 Å². The first-order chi connectivity index (χ1) is 8.24. The van der Waals surface area contributed by atoms with Gasteiger partial charge < -0.3 is 0 Å². The number of hydrogen-bond acceptors (Lipinski definition) is 4. The van der Waals surface area contributed by atoms with Gasteiger partial charge in [-0.3, -0.25) is 0 Å². The van der Waals surface area contributed by atoms with E-state index in [9.17, 15) is 0 Å². The Bertz CT molecular complexity index is 133. The van der Waals surface area contributed by atoms with Crippen molar-refractivity contribution < 1.29 is 0 Å². The average Bonchev–Trinajstić information content (AvgIpc) is 2.37. The number of rotatable bonds is 12. The van der Waals surface area contributed by atoms with Crippen LogP contribution < -0.4 is 11.5 Å². The van der Waals surface area contributed by atoms with Gasteiger partial charge in [0.15, 0.2) is 0 Å². The third-order valence-electron chi connectivity index (χ3n) is 2.79. The van der Waals surface area contributed by atoms with Gasteiger partial charge in [0.05, 0.1) is 0 Å². The summed E-state index contributed by atoms with van der Waals surface area (Å²) in [5, 5.41) is 0. The second kappa shape index (κ2) is 12.5. The van der Waals surface area contributed by atoms with Crippen LogP contribution in [0.3, 0.4) is 0 Å². The molecular formula is C12H30N2S2Sn. The zero-order valence-corrected chi connectivity index (χ0v) is 16.0. The van der Waals surface area contributed by atoms with Gasteiger partial charge in [-0.05, 0) is 0 Å². The Hall–Kier alpha value is 1.42. The van der Waals surface area contributed by atoms with Crippen LogP contribution in [-0.4, -0.2) is 40.2 Å². The van der Waals surface area contributed by atoms with E-state index >= 15 is 0 Å². The molecule has 0 aromatic rings. The summed E-state index contributed by atoms with van der Waals surface area (Å²) >= 11 is -2.02. The Kier molecular flexibility index (Phi) is 13.5. The van der Waals surface area contributed by atoms with Crippen molar-refractivity contribution in [2.75, 3.05) is 24.6 Å². The fourth-order valence-corrected chi connectivity index (χ4v) is 32.2. The molecule has 0 heterocycles. The molecule has 0 unspecified atom stereocenters. The molecule has 104 valence electrons. The molecule has 0 fully saturated rings. The molecule has 0 spiro atoms. The molecule has 0 aliphatic heterocycles. The van der Waals surface area contributed by atoms with Crippen molar-refractivity contribution in [2.24, 2.45) is 11.5 Å². The summed E-state index contributed by atoms with van der Waals surface area (Å²) in [6, 6.07) is 0. The summed E-state index contributed by atoms with van der Waals surface area (Å²) in [5.74, 6) is 2.34. The summed E-state index contributed by atoms with van der Waals surface area (Å²) in [4.78, 5) is 0. The zero-order chi connectivity index (χ0) is 13.0. The van der Waals surface area contributed by atoms with Crippen molar-refractivity contribution in [1.29, 1.82) is 0 Å². The third-order valence-corrected chi connectivity index (χ3v) is 33.8. The van der Waals surface area contributed by atoms with Crippen LogP contribution in [0.1, 0.15) is 39.5 Å². The third kappa shape index (κ3) is 9.03. The Morgan fingerprint density at radius 2 is 1.24 bits per heavy atom. The standard InChI is InChI=1S/2C4H9.2C2H7NS.Sn/c2*1-3-4-2;2*3-1-2-4;/h2*1,3-4H2,2H3;2*4H,1-3H2;/q;;;;+2/p-2. The fraction of sp³-hybridized carbons (Fsp3) is 1.00. The summed E-state index contributed by atoms with van der Waals surface area (Å²) in [6.07, 6.45) is 5.48. The molecule has 0 saturated heterocycles. The maximum atomic E-state index is 5.70. The SMILES string of the molecule is CCC[CH2][Sn]([CH2]CCC)([S]CCN)[S]CCN. The summed E-state index contributed by atoms with van der Waals surface area (Å²) in [6.45, 7) is 6.28. The van der Waals surface area contributed by atoms with Gasteiger partial charge in [-0.15, -0.1) is 0 Å². The van der Waals surface area contributed by atoms with Crippen LogP contribution in [-0.2, 0) is 0 Å². The predicted octanol–water partition coefficient (Wildman–Crippen LogP) is 3.41. The summed E-state index contributed by atoms with van der Waals surface area (Å²) < 4.78 is 3.03. The molecule has 5 heteroatoms. The number of unbranched alkanes of at least 4 members (excludes halogenated alkanes) is 2. The van der Waals surface area contributed by atoms with Gasteiger partial charge in [-0.25, -0.2) is 0 Å². The van der Waals surface area contributed by atoms with Gasteiger partial charge in [-0.2, -0.15) is 0 Å². The van der Waals surface area contributed by atoms with E-state index in [1.807, 2.05) is 0 Å². The van der Waals surface area contributed by atoms with Crippen molar-refractivity contribution in [2.45, 2.75) is 48.4 Å². The van der Waals surface area contributed by atoms with E-state index in [0.717, 1.165) is 13.1 Å². The van der Waals surface area contributed by atoms with Gasteiger partial charge in [0, 0.05) is 0 Å². The van der Waals surface area contributed by atoms with E-state index in [1.54, 1.807) is 0 Å². The quantitative estimate of drug-likeness (QED) is 0.506. The van der Waals surface area contributed by atoms with E-state index in [2.05, 4.69) is 31.7 Å². The first-order valence-electron chi connectivity index (χ1n) is 6.92. The van der Waals surface area contributed by atoms with Crippen molar-refractivity contribution in [1.82, 2.24) is 0 Å². The minimum absolute atomic E-state index is 0.838. The van der Waals surface area contributed by atoms with E-state index in [0.29, 0.717) is 0 Å². The van der Waals surface area contributed by atoms with Crippen molar-refractivity contribution in [3.8, 4) is 0 Å². The fourth-order valence-electron chi connectivity index (χ4n) is 1.84. The normalized spacial score (nSPS) is 12.0. The predicted molar refractivity (Wildman–Crippen MR) is 88.2 cm³/mol. The molecule has 0 amide bonds. The molecule has 0 aromatic carbocycles. The maximum absolute atomic E-state index is 5.70. The molecule has 0 rings (SSSR count). The Morgan fingerprint density at radius 1 is 0.824 bits per heavy atom. The second-order valence-corrected chi connectivity index (χ2v) is 31.0. The number of hydrogen-bond donors (Lipinski definition) is 2. The average molecular weight is 385 g/mol. The first kappa shape index (κ1) is 18.4. The van der Waals surface area contributed by atoms with E-state index in [1.165, 1.54) is 46.1 Å². The van der Waals surface area contributed by atoms with Crippen molar-refractivity contribution in [3.63, 3.8) is 0 Å². The molecule has 4 N–H and O–H groups in total. The molecule has 0 bridgehead atoms. The molecule has 0 radical (unpaired) electrons. The van der Waals surface area contributed by atoms with Crippen molar-refractivity contribution in [3.05, 3.63) is 0 Å². The van der Waals surface area contributed by atoms with Crippen LogP contribution in [0.15, 0.2) is 0 Å². The van der Waals surface area contributed by atoms with E-state index in [-0.39, 0.29) is 0 Å². The van der Waals surface area contributed by atoms with Gasteiger partial charge >= 0.3 is 118 Å². The molecule has 17 heavy (non-hydrogen) atoms. The van der Waals surface area contributed by atoms with Crippen LogP contribution in [0.5, 0.6) is 0 Å². The van der Waals surface area contributed by atoms with Crippen LogP contribution in [0.4, 0.5) is 0 Å². The van der Waals surface area contributed by atoms with Gasteiger partial charge in [0.2, 0.25) is 0 Å². The monoisotopic (exact) mass is 386 g/mol. The number of nitrogens with two attached hydrogens (primary N) is 2. The van der Waals surface area contributed by atoms with Gasteiger partial charge in [0.1, 0.15) is 0 Å². The Balaban J connectivity index is 4.39. The van der Waals surface area contributed by atoms with Crippen molar-refractivity contribution >= 4 is 33.5 Å². The Labute approximate surface area is 117 Å². The van der Waals surface area contributed by atoms with E-state index in [4.69, 9.17) is 11.5 Å². The molecule has 0 aromatic heterocycles. The van der Waals surface area contributed by atoms with Crippen LogP contribution in [0.2, 0.25) is 8.87 Å². The molecule has 0 aliphatic carbocycles. The topological polar surface area (TPSA) is 52.0 Å². The molecule has 2 nitrogen and oxygen atoms in total. The molecule has 0 saturated carbocycles. The van der Waals surface area contributed by atoms with Crippen LogP contribution >= 0.6 is 17.9 Å². The van der Waals surface area contributed by atoms with Gasteiger partial charge in [-0.1, -0.05) is 0 Å². The minimum atomic E-state index is -2.02.